The maximum absolute atomic E-state index is 12.3. The average Bonchev–Trinajstić information content (AvgIpc) is 2.98. The van der Waals surface area contributed by atoms with Crippen LogP contribution in [0.1, 0.15) is 22.0 Å². The molecule has 0 aliphatic carbocycles. The van der Waals surface area contributed by atoms with Gasteiger partial charge in [0.2, 0.25) is 0 Å². The fourth-order valence-electron chi connectivity index (χ4n) is 2.36. The number of rotatable bonds is 4. The van der Waals surface area contributed by atoms with E-state index in [1.54, 1.807) is 24.6 Å². The van der Waals surface area contributed by atoms with Crippen LogP contribution in [-0.4, -0.2) is 35.8 Å². The van der Waals surface area contributed by atoms with Crippen LogP contribution in [0.5, 0.6) is 5.75 Å². The average molecular weight is 416 g/mol. The number of fused-ring (bicyclic) bond motifs is 1. The van der Waals surface area contributed by atoms with Gasteiger partial charge in [-0.25, -0.2) is 18.2 Å². The van der Waals surface area contributed by atoms with E-state index >= 15 is 0 Å². The molecule has 0 aliphatic heterocycles. The van der Waals surface area contributed by atoms with Crippen molar-refractivity contribution in [2.75, 3.05) is 0 Å². The second-order valence-electron chi connectivity index (χ2n) is 5.70. The summed E-state index contributed by atoms with van der Waals surface area (Å²) in [5.74, 6) is -1.78. The van der Waals surface area contributed by atoms with Crippen LogP contribution in [0.15, 0.2) is 35.2 Å². The third kappa shape index (κ3) is 4.19. The van der Waals surface area contributed by atoms with Gasteiger partial charge in [0.25, 0.3) is 10.0 Å². The highest BCUT2D eigenvalue weighted by Gasteiger charge is 2.31. The fourth-order valence-corrected chi connectivity index (χ4v) is 3.31. The molecule has 0 saturated carbocycles. The van der Waals surface area contributed by atoms with E-state index in [2.05, 4.69) is 19.8 Å². The van der Waals surface area contributed by atoms with Crippen molar-refractivity contribution in [1.29, 1.82) is 0 Å². The molecule has 0 saturated heterocycles. The van der Waals surface area contributed by atoms with Crippen LogP contribution in [0.4, 0.5) is 13.2 Å². The first-order valence-electron chi connectivity index (χ1n) is 7.63. The zero-order valence-electron chi connectivity index (χ0n) is 14.4. The van der Waals surface area contributed by atoms with Crippen LogP contribution in [0.2, 0.25) is 0 Å². The number of halogens is 3. The molecular weight excluding hydrogens is 403 g/mol. The van der Waals surface area contributed by atoms with Crippen molar-refractivity contribution in [3.8, 4) is 5.75 Å². The third-order valence-corrected chi connectivity index (χ3v) is 4.83. The number of amides is 1. The monoisotopic (exact) mass is 416 g/mol. The third-order valence-electron chi connectivity index (χ3n) is 3.49. The Morgan fingerprint density at radius 1 is 1.18 bits per heavy atom. The van der Waals surface area contributed by atoms with E-state index in [0.717, 1.165) is 24.3 Å². The molecule has 13 heteroatoms. The predicted molar refractivity (Wildman–Crippen MR) is 86.8 cm³/mol. The Balaban J connectivity index is 1.82. The van der Waals surface area contributed by atoms with Gasteiger partial charge in [0, 0.05) is 6.07 Å². The number of aryl methyl sites for hydroxylation is 2. The molecule has 148 valence electrons. The molecule has 9 nitrogen and oxygen atoms in total. The van der Waals surface area contributed by atoms with Gasteiger partial charge in [-0.05, 0) is 43.1 Å². The molecule has 1 amide bonds. The van der Waals surface area contributed by atoms with Crippen LogP contribution in [0, 0.1) is 13.8 Å². The number of nitrogens with zero attached hydrogens (tertiary/aromatic N) is 3. The molecule has 28 heavy (non-hydrogen) atoms. The van der Waals surface area contributed by atoms with Gasteiger partial charge in [-0.1, -0.05) is 4.98 Å². The number of carbonyl (C=O) groups is 1. The van der Waals surface area contributed by atoms with E-state index in [0.29, 0.717) is 11.4 Å². The van der Waals surface area contributed by atoms with Crippen molar-refractivity contribution in [3.63, 3.8) is 0 Å². The number of aromatic nitrogens is 4. The lowest BCUT2D eigenvalue weighted by molar-refractivity contribution is -0.587. The van der Waals surface area contributed by atoms with Crippen LogP contribution >= 0.6 is 0 Å². The Morgan fingerprint density at radius 3 is 2.43 bits per heavy atom. The van der Waals surface area contributed by atoms with Gasteiger partial charge in [0.1, 0.15) is 17.1 Å². The molecule has 0 spiro atoms. The van der Waals surface area contributed by atoms with Crippen LogP contribution in [0.3, 0.4) is 0 Å². The number of carbonyl (C=O) groups excluding carboxylic acids is 1. The van der Waals surface area contributed by atoms with Gasteiger partial charge in [-0.3, -0.25) is 4.79 Å². The first-order valence-corrected chi connectivity index (χ1v) is 9.12. The summed E-state index contributed by atoms with van der Waals surface area (Å²) in [6.07, 6.45) is -4.90. The van der Waals surface area contributed by atoms with Crippen molar-refractivity contribution in [2.24, 2.45) is 0 Å². The first-order chi connectivity index (χ1) is 12.9. The van der Waals surface area contributed by atoms with E-state index in [1.165, 1.54) is 4.52 Å². The molecule has 1 aromatic carbocycles. The van der Waals surface area contributed by atoms with Crippen molar-refractivity contribution >= 4 is 21.7 Å². The number of nitrogens with one attached hydrogen (secondary N) is 2. The Hall–Kier alpha value is -3.22. The molecule has 3 rings (SSSR count). The number of sulfonamides is 1. The maximum Gasteiger partial charge on any atom is 0.573 e. The summed E-state index contributed by atoms with van der Waals surface area (Å²) >= 11 is 0. The van der Waals surface area contributed by atoms with Gasteiger partial charge >= 0.3 is 23.9 Å². The van der Waals surface area contributed by atoms with Crippen LogP contribution in [0.25, 0.3) is 5.78 Å². The van der Waals surface area contributed by atoms with E-state index in [-0.39, 0.29) is 11.6 Å². The molecule has 0 aliphatic rings. The second kappa shape index (κ2) is 6.74. The highest BCUT2D eigenvalue weighted by molar-refractivity contribution is 7.90. The van der Waals surface area contributed by atoms with Gasteiger partial charge in [-0.2, -0.15) is 0 Å². The largest absolute Gasteiger partial charge is 0.573 e. The minimum absolute atomic E-state index is 0.175. The van der Waals surface area contributed by atoms with E-state index in [9.17, 15) is 26.4 Å². The van der Waals surface area contributed by atoms with Gasteiger partial charge in [-0.15, -0.1) is 17.7 Å². The zero-order valence-corrected chi connectivity index (χ0v) is 15.2. The molecule has 0 fully saturated rings. The molecule has 3 aromatic rings. The van der Waals surface area contributed by atoms with Crippen LogP contribution < -0.4 is 14.0 Å². The van der Waals surface area contributed by atoms with E-state index in [1.807, 2.05) is 0 Å². The summed E-state index contributed by atoms with van der Waals surface area (Å²) in [4.78, 5) is 19.9. The van der Waals surface area contributed by atoms with Gasteiger partial charge in [0.05, 0.1) is 4.90 Å². The van der Waals surface area contributed by atoms with Crippen molar-refractivity contribution in [2.45, 2.75) is 25.1 Å². The Bertz CT molecular complexity index is 1160. The van der Waals surface area contributed by atoms with Gasteiger partial charge in [0.15, 0.2) is 0 Å². The molecule has 0 atom stereocenters. The van der Waals surface area contributed by atoms with Crippen molar-refractivity contribution in [1.82, 2.24) is 19.8 Å². The lowest BCUT2D eigenvalue weighted by atomic mass is 10.3. The van der Waals surface area contributed by atoms with Crippen molar-refractivity contribution in [3.05, 3.63) is 47.5 Å². The van der Waals surface area contributed by atoms with E-state index < -0.39 is 32.9 Å². The lowest BCUT2D eigenvalue weighted by Gasteiger charge is -2.09. The standard InChI is InChI=1S/C15H12F3N5O4S/c1-8-7-9(2)23-14(19-8)20-12(21-23)13(24)22-28(25,26)11-5-3-10(4-6-11)27-15(16,17)18/h3-7H,1-2H3,(H,22,24)/p+1. The number of ether oxygens (including phenoxy) is 1. The van der Waals surface area contributed by atoms with E-state index in [4.69, 9.17) is 0 Å². The Morgan fingerprint density at radius 2 is 1.82 bits per heavy atom. The molecule has 2 N–H and O–H groups in total. The highest BCUT2D eigenvalue weighted by atomic mass is 32.2. The highest BCUT2D eigenvalue weighted by Crippen LogP contribution is 2.23. The normalized spacial score (nSPS) is 12.2. The van der Waals surface area contributed by atoms with Crippen LogP contribution in [-0.2, 0) is 10.0 Å². The smallest absolute Gasteiger partial charge is 0.406 e. The fraction of sp³-hybridized carbons (Fsp3) is 0.200. The SMILES string of the molecule is Cc1cc(C)[n+]2[nH]c(C(=O)NS(=O)(=O)c3ccc(OC(F)(F)F)cc3)nc2n1. The van der Waals surface area contributed by atoms with Gasteiger partial charge < -0.3 is 4.74 Å². The predicted octanol–water partition coefficient (Wildman–Crippen LogP) is 1.18. The molecule has 0 radical (unpaired) electrons. The maximum atomic E-state index is 12.3. The van der Waals surface area contributed by atoms with Crippen molar-refractivity contribution < 1.29 is 35.6 Å². The zero-order chi connectivity index (χ0) is 20.7. The minimum Gasteiger partial charge on any atom is -0.406 e. The molecule has 2 aromatic heterocycles. The summed E-state index contributed by atoms with van der Waals surface area (Å²) in [7, 11) is -4.35. The topological polar surface area (TPSA) is 118 Å². The number of aromatic amines is 1. The number of hydrogen-bond donors (Lipinski definition) is 2. The summed E-state index contributed by atoms with van der Waals surface area (Å²) < 4.78 is 67.9. The number of hydrogen-bond acceptors (Lipinski definition) is 6. The Kier molecular flexibility index (Phi) is 4.71. The minimum atomic E-state index is -4.90. The molecular formula is C15H13F3N5O4S+. The summed E-state index contributed by atoms with van der Waals surface area (Å²) in [5.41, 5.74) is 1.35. The summed E-state index contributed by atoms with van der Waals surface area (Å²) in [6.45, 7) is 3.47. The molecule has 0 bridgehead atoms. The number of alkyl halides is 3. The molecule has 2 heterocycles. The summed E-state index contributed by atoms with van der Waals surface area (Å²) in [6, 6.07) is 5.12. The lowest BCUT2D eigenvalue weighted by Crippen LogP contribution is -2.33. The number of H-pyrrole nitrogens is 1. The second-order valence-corrected chi connectivity index (χ2v) is 7.38. The number of benzene rings is 1. The Labute approximate surface area is 156 Å². The quantitative estimate of drug-likeness (QED) is 0.617. The summed E-state index contributed by atoms with van der Waals surface area (Å²) in [5, 5.41) is 2.62. The molecule has 0 unspecified atom stereocenters. The first kappa shape index (κ1) is 19.5.